The SMILES string of the molecule is Cc1c[n+]2c3ccccc3sc2n1C. The highest BCUT2D eigenvalue weighted by Crippen LogP contribution is 2.21. The number of para-hydroxylation sites is 1. The Kier molecular flexibility index (Phi) is 1.47. The lowest BCUT2D eigenvalue weighted by atomic mass is 10.3. The minimum Gasteiger partial charge on any atom is -0.221 e. The van der Waals surface area contributed by atoms with Crippen molar-refractivity contribution >= 4 is 26.5 Å². The third-order valence-electron chi connectivity index (χ3n) is 2.66. The second-order valence-corrected chi connectivity index (χ2v) is 4.56. The van der Waals surface area contributed by atoms with E-state index in [1.54, 1.807) is 0 Å². The van der Waals surface area contributed by atoms with Gasteiger partial charge in [-0.25, -0.2) is 4.57 Å². The molecule has 14 heavy (non-hydrogen) atoms. The summed E-state index contributed by atoms with van der Waals surface area (Å²) in [5.74, 6) is 0. The van der Waals surface area contributed by atoms with Gasteiger partial charge in [0.1, 0.15) is 11.9 Å². The molecule has 0 amide bonds. The van der Waals surface area contributed by atoms with Crippen LogP contribution in [0.1, 0.15) is 5.69 Å². The first kappa shape index (κ1) is 8.00. The van der Waals surface area contributed by atoms with E-state index in [-0.39, 0.29) is 0 Å². The summed E-state index contributed by atoms with van der Waals surface area (Å²) in [7, 11) is 2.11. The van der Waals surface area contributed by atoms with E-state index in [9.17, 15) is 0 Å². The first-order valence-corrected chi connectivity index (χ1v) is 5.44. The normalized spacial score (nSPS) is 11.6. The molecule has 0 radical (unpaired) electrons. The van der Waals surface area contributed by atoms with E-state index < -0.39 is 0 Å². The number of aromatic nitrogens is 2. The van der Waals surface area contributed by atoms with Gasteiger partial charge in [-0.05, 0) is 23.5 Å². The van der Waals surface area contributed by atoms with Crippen LogP contribution < -0.4 is 4.40 Å². The molecule has 3 heteroatoms. The monoisotopic (exact) mass is 203 g/mol. The Bertz CT molecular complexity index is 619. The van der Waals surface area contributed by atoms with Crippen LogP contribution in [-0.2, 0) is 7.05 Å². The zero-order valence-electron chi connectivity index (χ0n) is 8.19. The maximum atomic E-state index is 2.26. The van der Waals surface area contributed by atoms with Crippen LogP contribution in [0.4, 0.5) is 0 Å². The molecule has 0 saturated carbocycles. The summed E-state index contributed by atoms with van der Waals surface area (Å²) < 4.78 is 5.83. The van der Waals surface area contributed by atoms with Gasteiger partial charge in [0.15, 0.2) is 5.52 Å². The lowest BCUT2D eigenvalue weighted by molar-refractivity contribution is -0.476. The minimum absolute atomic E-state index is 1.29. The molecule has 0 N–H and O–H groups in total. The van der Waals surface area contributed by atoms with E-state index in [0.717, 1.165) is 0 Å². The highest BCUT2D eigenvalue weighted by molar-refractivity contribution is 7.22. The summed E-state index contributed by atoms with van der Waals surface area (Å²) in [6, 6.07) is 8.51. The molecular weight excluding hydrogens is 192 g/mol. The summed E-state index contributed by atoms with van der Waals surface area (Å²) in [5, 5.41) is 0. The van der Waals surface area contributed by atoms with E-state index in [2.05, 4.69) is 53.4 Å². The van der Waals surface area contributed by atoms with Gasteiger partial charge in [-0.3, -0.25) is 0 Å². The lowest BCUT2D eigenvalue weighted by Gasteiger charge is -1.83. The highest BCUT2D eigenvalue weighted by Gasteiger charge is 2.16. The Morgan fingerprint density at radius 3 is 2.93 bits per heavy atom. The van der Waals surface area contributed by atoms with Crippen molar-refractivity contribution in [1.82, 2.24) is 4.57 Å². The fourth-order valence-corrected chi connectivity index (χ4v) is 2.92. The Balaban J connectivity index is 2.60. The lowest BCUT2D eigenvalue weighted by Crippen LogP contribution is -2.15. The fraction of sp³-hybridized carbons (Fsp3) is 0.182. The number of rotatable bonds is 0. The number of imidazole rings is 1. The van der Waals surface area contributed by atoms with Crippen LogP contribution >= 0.6 is 11.3 Å². The highest BCUT2D eigenvalue weighted by atomic mass is 32.1. The standard InChI is InChI=1S/C11H11N2S/c1-8-7-13-9-5-3-4-6-10(9)14-11(13)12(8)2/h3-7H,1-2H3/q+1. The molecule has 0 aliphatic heterocycles. The third-order valence-corrected chi connectivity index (χ3v) is 3.88. The summed E-state index contributed by atoms with van der Waals surface area (Å²) >= 11 is 1.84. The Morgan fingerprint density at radius 1 is 1.29 bits per heavy atom. The van der Waals surface area contributed by atoms with Crippen LogP contribution in [0, 0.1) is 6.92 Å². The maximum Gasteiger partial charge on any atom is 0.346 e. The van der Waals surface area contributed by atoms with Crippen molar-refractivity contribution < 1.29 is 4.40 Å². The molecule has 1 aromatic carbocycles. The van der Waals surface area contributed by atoms with Gasteiger partial charge in [-0.1, -0.05) is 12.1 Å². The number of benzene rings is 1. The van der Waals surface area contributed by atoms with Crippen LogP contribution in [0.15, 0.2) is 30.5 Å². The van der Waals surface area contributed by atoms with Crippen molar-refractivity contribution in [3.63, 3.8) is 0 Å². The van der Waals surface area contributed by atoms with Gasteiger partial charge in [-0.15, -0.1) is 0 Å². The molecule has 0 atom stereocenters. The second-order valence-electron chi connectivity index (χ2n) is 3.55. The number of hydrogen-bond donors (Lipinski definition) is 0. The summed E-state index contributed by atoms with van der Waals surface area (Å²) in [4.78, 5) is 1.30. The Hall–Kier alpha value is -1.35. The molecule has 0 spiro atoms. The summed E-state index contributed by atoms with van der Waals surface area (Å²) in [6.07, 6.45) is 2.19. The molecule has 3 rings (SSSR count). The molecule has 3 aromatic rings. The van der Waals surface area contributed by atoms with E-state index in [1.807, 2.05) is 11.3 Å². The van der Waals surface area contributed by atoms with E-state index in [4.69, 9.17) is 0 Å². The molecule has 0 bridgehead atoms. The molecule has 0 aliphatic carbocycles. The number of fused-ring (bicyclic) bond motifs is 3. The van der Waals surface area contributed by atoms with Crippen LogP contribution in [0.2, 0.25) is 0 Å². The van der Waals surface area contributed by atoms with Crippen molar-refractivity contribution in [3.8, 4) is 0 Å². The van der Waals surface area contributed by atoms with E-state index in [0.29, 0.717) is 0 Å². The minimum atomic E-state index is 1.29. The van der Waals surface area contributed by atoms with Gasteiger partial charge in [0.2, 0.25) is 0 Å². The van der Waals surface area contributed by atoms with E-state index >= 15 is 0 Å². The summed E-state index contributed by atoms with van der Waals surface area (Å²) in [6.45, 7) is 2.13. The van der Waals surface area contributed by atoms with Crippen molar-refractivity contribution in [1.29, 1.82) is 0 Å². The van der Waals surface area contributed by atoms with E-state index in [1.165, 1.54) is 20.9 Å². The Labute approximate surface area is 86.0 Å². The third kappa shape index (κ3) is 0.876. The first-order valence-electron chi connectivity index (χ1n) is 4.62. The smallest absolute Gasteiger partial charge is 0.221 e. The van der Waals surface area contributed by atoms with Gasteiger partial charge < -0.3 is 0 Å². The molecule has 0 aliphatic rings. The molecule has 2 heterocycles. The summed E-state index contributed by atoms with van der Waals surface area (Å²) in [5.41, 5.74) is 2.60. The van der Waals surface area contributed by atoms with Gasteiger partial charge in [-0.2, -0.15) is 4.40 Å². The van der Waals surface area contributed by atoms with Crippen LogP contribution in [0.25, 0.3) is 15.2 Å². The predicted molar refractivity (Wildman–Crippen MR) is 58.7 cm³/mol. The molecular formula is C11H11N2S+. The van der Waals surface area contributed by atoms with Crippen molar-refractivity contribution in [2.24, 2.45) is 7.05 Å². The maximum absolute atomic E-state index is 2.26. The van der Waals surface area contributed by atoms with Crippen LogP contribution in [-0.4, -0.2) is 4.57 Å². The first-order chi connectivity index (χ1) is 6.77. The average molecular weight is 203 g/mol. The number of thiazole rings is 1. The molecule has 0 fully saturated rings. The quantitative estimate of drug-likeness (QED) is 0.496. The van der Waals surface area contributed by atoms with Gasteiger partial charge >= 0.3 is 4.96 Å². The average Bonchev–Trinajstić information content (AvgIpc) is 2.67. The zero-order chi connectivity index (χ0) is 9.71. The van der Waals surface area contributed by atoms with Crippen molar-refractivity contribution in [2.45, 2.75) is 6.92 Å². The number of nitrogens with zero attached hydrogens (tertiary/aromatic N) is 2. The predicted octanol–water partition coefficient (Wildman–Crippen LogP) is 2.29. The molecule has 0 saturated heterocycles. The topological polar surface area (TPSA) is 9.03 Å². The molecule has 2 nitrogen and oxygen atoms in total. The van der Waals surface area contributed by atoms with Gasteiger partial charge in [0, 0.05) is 6.92 Å². The van der Waals surface area contributed by atoms with Crippen molar-refractivity contribution in [2.75, 3.05) is 0 Å². The van der Waals surface area contributed by atoms with Gasteiger partial charge in [0.05, 0.1) is 11.7 Å². The number of aryl methyl sites for hydroxylation is 2. The molecule has 70 valence electrons. The zero-order valence-corrected chi connectivity index (χ0v) is 9.01. The van der Waals surface area contributed by atoms with Crippen LogP contribution in [0.5, 0.6) is 0 Å². The van der Waals surface area contributed by atoms with Crippen molar-refractivity contribution in [3.05, 3.63) is 36.2 Å². The number of hydrogen-bond acceptors (Lipinski definition) is 1. The molecule has 2 aromatic heterocycles. The second kappa shape index (κ2) is 2.58. The van der Waals surface area contributed by atoms with Crippen LogP contribution in [0.3, 0.4) is 0 Å². The molecule has 0 unspecified atom stereocenters. The largest absolute Gasteiger partial charge is 0.346 e. The fourth-order valence-electron chi connectivity index (χ4n) is 1.77. The Morgan fingerprint density at radius 2 is 2.07 bits per heavy atom. The van der Waals surface area contributed by atoms with Gasteiger partial charge in [0.25, 0.3) is 0 Å².